The van der Waals surface area contributed by atoms with Crippen LogP contribution in [0.2, 0.25) is 0 Å². The fourth-order valence-electron chi connectivity index (χ4n) is 0.430. The molecule has 0 aliphatic rings. The van der Waals surface area contributed by atoms with Crippen LogP contribution < -0.4 is 0 Å². The van der Waals surface area contributed by atoms with Crippen molar-refractivity contribution in [3.63, 3.8) is 0 Å². The first-order valence-electron chi connectivity index (χ1n) is 2.69. The minimum atomic E-state index is 1.07. The van der Waals surface area contributed by atoms with Gasteiger partial charge in [0.05, 0.1) is 0 Å². The lowest BCUT2D eigenvalue weighted by Gasteiger charge is -1.95. The van der Waals surface area contributed by atoms with Gasteiger partial charge in [-0.2, -0.15) is 0 Å². The molecule has 0 N–H and O–H groups in total. The summed E-state index contributed by atoms with van der Waals surface area (Å²) in [5.74, 6) is 0. The predicted octanol–water partition coefficient (Wildman–Crippen LogP) is 3.46. The van der Waals surface area contributed by atoms with Gasteiger partial charge in [0.1, 0.15) is 0 Å². The lowest BCUT2D eigenvalue weighted by molar-refractivity contribution is 0.998. The highest BCUT2D eigenvalue weighted by atomic mass is 79.9. The van der Waals surface area contributed by atoms with Gasteiger partial charge in [-0.15, -0.1) is 0 Å². The molecular weight excluding hydrogens is 232 g/mol. The van der Waals surface area contributed by atoms with Gasteiger partial charge < -0.3 is 0 Å². The van der Waals surface area contributed by atoms with E-state index in [4.69, 9.17) is 0 Å². The van der Waals surface area contributed by atoms with Gasteiger partial charge in [-0.25, -0.2) is 0 Å². The van der Waals surface area contributed by atoms with Crippen molar-refractivity contribution in [1.82, 2.24) is 0 Å². The van der Waals surface area contributed by atoms with Crippen molar-refractivity contribution in [2.24, 2.45) is 0 Å². The third kappa shape index (κ3) is 3.67. The molecule has 0 bridgehead atoms. The number of rotatable bonds is 3. The Kier molecular flexibility index (Phi) is 6.34. The van der Waals surface area contributed by atoms with Crippen molar-refractivity contribution in [3.8, 4) is 0 Å². The van der Waals surface area contributed by atoms with E-state index < -0.39 is 0 Å². The van der Waals surface area contributed by atoms with Crippen molar-refractivity contribution in [1.29, 1.82) is 0 Å². The standard InChI is InChI=1S/C6H10Br2/c1-2-6(5-8)3-4-7/h5H,2-4H2,1H3. The average Bonchev–Trinajstić information content (AvgIpc) is 1.83. The Bertz CT molecular complexity index is 76.6. The molecule has 0 fully saturated rings. The molecule has 0 aromatic carbocycles. The van der Waals surface area contributed by atoms with Gasteiger partial charge in [0.15, 0.2) is 0 Å². The highest BCUT2D eigenvalue weighted by Gasteiger charge is 1.88. The Morgan fingerprint density at radius 3 is 2.38 bits per heavy atom. The minimum absolute atomic E-state index is 1.07. The first-order valence-corrected chi connectivity index (χ1v) is 4.73. The summed E-state index contributed by atoms with van der Waals surface area (Å²) in [6.07, 6.45) is 2.30. The van der Waals surface area contributed by atoms with Gasteiger partial charge in [0, 0.05) is 5.33 Å². The Morgan fingerprint density at radius 1 is 1.62 bits per heavy atom. The van der Waals surface area contributed by atoms with E-state index in [2.05, 4.69) is 38.8 Å². The molecular formula is C6H10Br2. The second-order valence-corrected chi connectivity index (χ2v) is 2.81. The van der Waals surface area contributed by atoms with Gasteiger partial charge in [0.2, 0.25) is 0 Å². The van der Waals surface area contributed by atoms with Crippen LogP contribution in [0.25, 0.3) is 0 Å². The molecule has 0 nitrogen and oxygen atoms in total. The lowest BCUT2D eigenvalue weighted by Crippen LogP contribution is -1.78. The van der Waals surface area contributed by atoms with Crippen LogP contribution in [0, 0.1) is 0 Å². The molecule has 0 amide bonds. The molecule has 2 heteroatoms. The summed E-state index contributed by atoms with van der Waals surface area (Å²) in [5.41, 5.74) is 1.46. The maximum Gasteiger partial charge on any atom is 0.00688 e. The molecule has 0 aliphatic heterocycles. The second-order valence-electron chi connectivity index (χ2n) is 1.56. The smallest absolute Gasteiger partial charge is 0.00688 e. The first-order chi connectivity index (χ1) is 3.85. The van der Waals surface area contributed by atoms with Crippen molar-refractivity contribution < 1.29 is 0 Å². The summed E-state index contributed by atoms with van der Waals surface area (Å²) < 4.78 is 0. The molecule has 48 valence electrons. The van der Waals surface area contributed by atoms with Crippen molar-refractivity contribution in [2.45, 2.75) is 19.8 Å². The second kappa shape index (κ2) is 5.83. The molecule has 0 atom stereocenters. The summed E-state index contributed by atoms with van der Waals surface area (Å²) in [6, 6.07) is 0. The van der Waals surface area contributed by atoms with Crippen LogP contribution in [0.4, 0.5) is 0 Å². The Morgan fingerprint density at radius 2 is 2.25 bits per heavy atom. The topological polar surface area (TPSA) is 0 Å². The van der Waals surface area contributed by atoms with Crippen LogP contribution in [0.3, 0.4) is 0 Å². The predicted molar refractivity (Wildman–Crippen MR) is 45.7 cm³/mol. The molecule has 0 spiro atoms. The van der Waals surface area contributed by atoms with Gasteiger partial charge >= 0.3 is 0 Å². The SMILES string of the molecule is CCC(=CBr)CCBr. The number of alkyl halides is 1. The van der Waals surface area contributed by atoms with Crippen LogP contribution >= 0.6 is 31.9 Å². The quantitative estimate of drug-likeness (QED) is 0.664. The molecule has 0 aliphatic carbocycles. The molecule has 0 aromatic rings. The highest BCUT2D eigenvalue weighted by molar-refractivity contribution is 9.11. The maximum atomic E-state index is 3.37. The number of hydrogen-bond donors (Lipinski definition) is 0. The van der Waals surface area contributed by atoms with E-state index in [9.17, 15) is 0 Å². The zero-order chi connectivity index (χ0) is 6.41. The normalized spacial score (nSPS) is 12.1. The third-order valence-corrected chi connectivity index (χ3v) is 2.07. The summed E-state index contributed by atoms with van der Waals surface area (Å²) >= 11 is 6.66. The largest absolute Gasteiger partial charge is 0.0925 e. The van der Waals surface area contributed by atoms with Gasteiger partial charge in [-0.3, -0.25) is 0 Å². The van der Waals surface area contributed by atoms with Crippen LogP contribution in [-0.2, 0) is 0 Å². The van der Waals surface area contributed by atoms with Crippen molar-refractivity contribution >= 4 is 31.9 Å². The Balaban J connectivity index is 3.38. The van der Waals surface area contributed by atoms with E-state index in [-0.39, 0.29) is 0 Å². The molecule has 0 unspecified atom stereocenters. The molecule has 0 radical (unpaired) electrons. The van der Waals surface area contributed by atoms with E-state index in [0.717, 1.165) is 18.2 Å². The first kappa shape index (κ1) is 8.70. The fraction of sp³-hybridized carbons (Fsp3) is 0.667. The monoisotopic (exact) mass is 240 g/mol. The molecule has 0 heterocycles. The third-order valence-electron chi connectivity index (χ3n) is 1.02. The Labute approximate surface area is 67.6 Å². The van der Waals surface area contributed by atoms with Gasteiger partial charge in [-0.05, 0) is 17.8 Å². The molecule has 0 rings (SSSR count). The molecule has 8 heavy (non-hydrogen) atoms. The zero-order valence-corrected chi connectivity index (χ0v) is 8.13. The van der Waals surface area contributed by atoms with E-state index >= 15 is 0 Å². The van der Waals surface area contributed by atoms with Crippen LogP contribution in [0.15, 0.2) is 10.6 Å². The number of halogens is 2. The molecule has 0 saturated carbocycles. The van der Waals surface area contributed by atoms with E-state index in [1.165, 1.54) is 5.57 Å². The summed E-state index contributed by atoms with van der Waals surface area (Å²) in [5, 5.41) is 1.07. The number of allylic oxidation sites excluding steroid dienone is 1. The van der Waals surface area contributed by atoms with E-state index in [1.807, 2.05) is 4.99 Å². The highest BCUT2D eigenvalue weighted by Crippen LogP contribution is 2.09. The van der Waals surface area contributed by atoms with E-state index in [1.54, 1.807) is 0 Å². The van der Waals surface area contributed by atoms with Crippen LogP contribution in [0.1, 0.15) is 19.8 Å². The van der Waals surface area contributed by atoms with Crippen molar-refractivity contribution in [3.05, 3.63) is 10.6 Å². The van der Waals surface area contributed by atoms with Crippen molar-refractivity contribution in [2.75, 3.05) is 5.33 Å². The van der Waals surface area contributed by atoms with Crippen LogP contribution in [-0.4, -0.2) is 5.33 Å². The fourth-order valence-corrected chi connectivity index (χ4v) is 1.49. The average molecular weight is 242 g/mol. The lowest BCUT2D eigenvalue weighted by atomic mass is 10.2. The minimum Gasteiger partial charge on any atom is -0.0925 e. The molecule has 0 saturated heterocycles. The van der Waals surface area contributed by atoms with Crippen LogP contribution in [0.5, 0.6) is 0 Å². The summed E-state index contributed by atoms with van der Waals surface area (Å²) in [4.78, 5) is 2.01. The summed E-state index contributed by atoms with van der Waals surface area (Å²) in [7, 11) is 0. The molecule has 0 aromatic heterocycles. The zero-order valence-electron chi connectivity index (χ0n) is 4.95. The van der Waals surface area contributed by atoms with Gasteiger partial charge in [-0.1, -0.05) is 44.4 Å². The van der Waals surface area contributed by atoms with E-state index in [0.29, 0.717) is 0 Å². The number of hydrogen-bond acceptors (Lipinski definition) is 0. The summed E-state index contributed by atoms with van der Waals surface area (Å²) in [6.45, 7) is 2.16. The Hall–Kier alpha value is 0.700. The maximum absolute atomic E-state index is 3.37. The van der Waals surface area contributed by atoms with Gasteiger partial charge in [0.25, 0.3) is 0 Å².